The number of nitrogens with zero attached hydrogens (tertiary/aromatic N) is 4. The molecule has 0 bridgehead atoms. The zero-order valence-electron chi connectivity index (χ0n) is 19.7. The Bertz CT molecular complexity index is 1540. The lowest BCUT2D eigenvalue weighted by Gasteiger charge is -2.16. The van der Waals surface area contributed by atoms with Gasteiger partial charge < -0.3 is 10.1 Å². The lowest BCUT2D eigenvalue weighted by Crippen LogP contribution is -2.33. The summed E-state index contributed by atoms with van der Waals surface area (Å²) in [5.74, 6) is -6.11. The predicted octanol–water partition coefficient (Wildman–Crippen LogP) is 6.08. The number of anilines is 1. The molecule has 39 heavy (non-hydrogen) atoms. The van der Waals surface area contributed by atoms with Crippen molar-refractivity contribution in [3.05, 3.63) is 81.7 Å². The topological polar surface area (TPSA) is 112 Å². The Kier molecular flexibility index (Phi) is 7.42. The minimum absolute atomic E-state index is 0.123. The van der Waals surface area contributed by atoms with Gasteiger partial charge in [-0.3, -0.25) is 14.9 Å². The minimum atomic E-state index is -4.53. The zero-order valence-corrected chi connectivity index (χ0v) is 19.7. The molecule has 0 aliphatic heterocycles. The Balaban J connectivity index is 1.70. The van der Waals surface area contributed by atoms with Crippen LogP contribution in [0.4, 0.5) is 37.7 Å². The van der Waals surface area contributed by atoms with E-state index in [1.54, 1.807) is 24.3 Å². The highest BCUT2D eigenvalue weighted by atomic mass is 19.3. The number of benzene rings is 2. The van der Waals surface area contributed by atoms with Crippen molar-refractivity contribution in [2.75, 3.05) is 11.9 Å². The van der Waals surface area contributed by atoms with Gasteiger partial charge >= 0.3 is 12.3 Å². The number of rotatable bonds is 9. The average molecular weight is 553 g/mol. The van der Waals surface area contributed by atoms with Crippen LogP contribution in [0, 0.1) is 17.0 Å². The lowest BCUT2D eigenvalue weighted by molar-refractivity contribution is -0.384. The molecule has 1 amide bonds. The molecule has 0 unspecified atom stereocenters. The number of hydrogen-bond acceptors (Lipinski definition) is 6. The zero-order chi connectivity index (χ0) is 28.5. The van der Waals surface area contributed by atoms with Gasteiger partial charge in [-0.15, -0.1) is 0 Å². The van der Waals surface area contributed by atoms with E-state index in [0.717, 1.165) is 34.5 Å². The summed E-state index contributed by atoms with van der Waals surface area (Å²) in [7, 11) is 0. The summed E-state index contributed by atoms with van der Waals surface area (Å²) in [6.07, 6.45) is -6.07. The number of aromatic nitrogens is 3. The molecule has 204 valence electrons. The highest BCUT2D eigenvalue weighted by molar-refractivity contribution is 6.08. The van der Waals surface area contributed by atoms with Crippen molar-refractivity contribution >= 4 is 22.9 Å². The van der Waals surface area contributed by atoms with Crippen molar-refractivity contribution in [1.29, 1.82) is 0 Å². The second-order valence-electron chi connectivity index (χ2n) is 8.30. The number of ether oxygens (including phenoxy) is 1. The first-order chi connectivity index (χ1) is 18.4. The van der Waals surface area contributed by atoms with Crippen LogP contribution in [0.2, 0.25) is 0 Å². The van der Waals surface area contributed by atoms with E-state index < -0.39 is 53.3 Å². The number of carbonyl (C=O) groups excluding carboxylic acids is 1. The van der Waals surface area contributed by atoms with E-state index in [-0.39, 0.29) is 22.6 Å². The number of carbonyl (C=O) groups is 1. The maximum atomic E-state index is 13.8. The number of alkyl halides is 6. The lowest BCUT2D eigenvalue weighted by atomic mass is 10.1. The molecule has 2 aromatic carbocycles. The quantitative estimate of drug-likeness (QED) is 0.153. The molecule has 0 spiro atoms. The van der Waals surface area contributed by atoms with Gasteiger partial charge in [-0.2, -0.15) is 13.9 Å². The number of aryl methyl sites for hydroxylation is 1. The van der Waals surface area contributed by atoms with Crippen molar-refractivity contribution in [3.63, 3.8) is 0 Å². The molecule has 0 saturated carbocycles. The molecule has 2 aromatic heterocycles. The monoisotopic (exact) mass is 553 g/mol. The highest BCUT2D eigenvalue weighted by Crippen LogP contribution is 2.31. The Labute approximate surface area is 215 Å². The van der Waals surface area contributed by atoms with Crippen LogP contribution < -0.4 is 10.1 Å². The number of nitro benzene ring substituents is 1. The van der Waals surface area contributed by atoms with E-state index in [1.165, 1.54) is 0 Å². The normalized spacial score (nSPS) is 11.8. The van der Waals surface area contributed by atoms with Crippen molar-refractivity contribution in [1.82, 2.24) is 14.6 Å². The average Bonchev–Trinajstić information content (AvgIpc) is 3.31. The van der Waals surface area contributed by atoms with Crippen LogP contribution in [0.1, 0.15) is 28.0 Å². The molecule has 4 rings (SSSR count). The first-order valence-corrected chi connectivity index (χ1v) is 11.0. The number of halogens is 6. The smallest absolute Gasteiger partial charge is 0.340 e. The van der Waals surface area contributed by atoms with Gasteiger partial charge in [0, 0.05) is 17.7 Å². The van der Waals surface area contributed by atoms with Gasteiger partial charge in [-0.05, 0) is 13.0 Å². The Morgan fingerprint density at radius 1 is 1.13 bits per heavy atom. The number of non-ortho nitro benzene ring substituents is 1. The van der Waals surface area contributed by atoms with Gasteiger partial charge in [-0.25, -0.2) is 27.1 Å². The number of amides is 1. The summed E-state index contributed by atoms with van der Waals surface area (Å²) in [5.41, 5.74) is -0.604. The van der Waals surface area contributed by atoms with Gasteiger partial charge in [0.25, 0.3) is 18.0 Å². The Morgan fingerprint density at radius 3 is 2.44 bits per heavy atom. The van der Waals surface area contributed by atoms with E-state index in [0.29, 0.717) is 11.6 Å². The van der Waals surface area contributed by atoms with Gasteiger partial charge in [0.05, 0.1) is 28.6 Å². The molecular weight excluding hydrogens is 536 g/mol. The van der Waals surface area contributed by atoms with Gasteiger partial charge in [0.15, 0.2) is 12.3 Å². The molecule has 9 nitrogen and oxygen atoms in total. The standard InChI is InChI=1S/C24H17F6N5O4/c1-12-2-4-13(5-3-12)18-9-19(20(25)26)34-21(33-18)17(10-31-34)22(36)32-14-6-15(35(37)38)8-16(7-14)39-11-24(29,30)23(27)28/h2-10,20,23H,11H2,1H3,(H,32,36). The van der Waals surface area contributed by atoms with Crippen molar-refractivity contribution in [2.45, 2.75) is 25.7 Å². The van der Waals surface area contributed by atoms with Gasteiger partial charge in [-0.1, -0.05) is 29.8 Å². The molecular formula is C24H17F6N5O4. The second kappa shape index (κ2) is 10.6. The SMILES string of the molecule is Cc1ccc(-c2cc(C(F)F)n3ncc(C(=O)Nc4cc(OCC(F)(F)C(F)F)cc([N+](=O)[O-])c4)c3n2)cc1. The number of nitrogens with one attached hydrogen (secondary N) is 1. The summed E-state index contributed by atoms with van der Waals surface area (Å²) < 4.78 is 84.4. The second-order valence-corrected chi connectivity index (χ2v) is 8.30. The van der Waals surface area contributed by atoms with Crippen LogP contribution in [0.15, 0.2) is 54.7 Å². The fourth-order valence-electron chi connectivity index (χ4n) is 3.46. The molecule has 15 heteroatoms. The highest BCUT2D eigenvalue weighted by Gasteiger charge is 2.41. The Morgan fingerprint density at radius 2 is 1.82 bits per heavy atom. The summed E-state index contributed by atoms with van der Waals surface area (Å²) in [6, 6.07) is 10.4. The third kappa shape index (κ3) is 5.91. The molecule has 1 N–H and O–H groups in total. The largest absolute Gasteiger partial charge is 0.487 e. The van der Waals surface area contributed by atoms with E-state index >= 15 is 0 Å². The molecule has 0 fully saturated rings. The molecule has 0 radical (unpaired) electrons. The van der Waals surface area contributed by atoms with E-state index in [9.17, 15) is 41.3 Å². The maximum absolute atomic E-state index is 13.8. The molecule has 2 heterocycles. The summed E-state index contributed by atoms with van der Waals surface area (Å²) in [6.45, 7) is 0.0501. The molecule has 4 aromatic rings. The van der Waals surface area contributed by atoms with E-state index in [2.05, 4.69) is 20.1 Å². The van der Waals surface area contributed by atoms with Crippen molar-refractivity contribution in [3.8, 4) is 17.0 Å². The third-order valence-corrected chi connectivity index (χ3v) is 5.43. The molecule has 0 aliphatic rings. The minimum Gasteiger partial charge on any atom is -0.487 e. The summed E-state index contributed by atoms with van der Waals surface area (Å²) in [5, 5.41) is 17.4. The van der Waals surface area contributed by atoms with Crippen molar-refractivity contribution in [2.24, 2.45) is 0 Å². The van der Waals surface area contributed by atoms with Crippen LogP contribution in [0.3, 0.4) is 0 Å². The van der Waals surface area contributed by atoms with Crippen LogP contribution in [-0.2, 0) is 0 Å². The van der Waals surface area contributed by atoms with E-state index in [1.807, 2.05) is 6.92 Å². The number of fused-ring (bicyclic) bond motifs is 1. The fraction of sp³-hybridized carbons (Fsp3) is 0.208. The summed E-state index contributed by atoms with van der Waals surface area (Å²) in [4.78, 5) is 27.7. The Hall–Kier alpha value is -4.69. The summed E-state index contributed by atoms with van der Waals surface area (Å²) >= 11 is 0. The number of nitro groups is 1. The fourth-order valence-corrected chi connectivity index (χ4v) is 3.46. The van der Waals surface area contributed by atoms with Gasteiger partial charge in [0.1, 0.15) is 17.0 Å². The van der Waals surface area contributed by atoms with Gasteiger partial charge in [0.2, 0.25) is 0 Å². The first-order valence-electron chi connectivity index (χ1n) is 11.0. The predicted molar refractivity (Wildman–Crippen MR) is 126 cm³/mol. The number of hydrogen-bond donors (Lipinski definition) is 1. The first kappa shape index (κ1) is 27.3. The van der Waals surface area contributed by atoms with Crippen LogP contribution in [-0.4, -0.2) is 44.4 Å². The van der Waals surface area contributed by atoms with E-state index in [4.69, 9.17) is 0 Å². The molecule has 0 atom stereocenters. The maximum Gasteiger partial charge on any atom is 0.340 e. The van der Waals surface area contributed by atoms with Crippen LogP contribution in [0.25, 0.3) is 16.9 Å². The molecule has 0 saturated heterocycles. The van der Waals surface area contributed by atoms with Crippen molar-refractivity contribution < 1.29 is 40.8 Å². The van der Waals surface area contributed by atoms with Crippen LogP contribution in [0.5, 0.6) is 5.75 Å². The van der Waals surface area contributed by atoms with Crippen LogP contribution >= 0.6 is 0 Å². The molecule has 0 aliphatic carbocycles. The third-order valence-electron chi connectivity index (χ3n) is 5.43.